The maximum absolute atomic E-state index is 12.0. The number of halogens is 1. The summed E-state index contributed by atoms with van der Waals surface area (Å²) < 4.78 is 16.8. The highest BCUT2D eigenvalue weighted by Gasteiger charge is 2.14. The molecule has 0 atom stereocenters. The first kappa shape index (κ1) is 17.8. The molecule has 0 bridgehead atoms. The van der Waals surface area contributed by atoms with Crippen LogP contribution in [0.1, 0.15) is 15.9 Å². The first-order valence-corrected chi connectivity index (χ1v) is 7.78. The molecule has 0 unspecified atom stereocenters. The van der Waals surface area contributed by atoms with Gasteiger partial charge in [-0.2, -0.15) is 5.10 Å². The van der Waals surface area contributed by atoms with E-state index in [1.165, 1.54) is 20.4 Å². The van der Waals surface area contributed by atoms with Crippen LogP contribution in [0, 0.1) is 0 Å². The third-order valence-corrected chi connectivity index (χ3v) is 3.74. The Labute approximate surface area is 148 Å². The molecule has 0 aliphatic heterocycles. The van der Waals surface area contributed by atoms with Crippen molar-refractivity contribution >= 4 is 28.1 Å². The van der Waals surface area contributed by atoms with Gasteiger partial charge in [-0.3, -0.25) is 4.79 Å². The molecule has 2 rings (SSSR count). The highest BCUT2D eigenvalue weighted by atomic mass is 79.9. The summed E-state index contributed by atoms with van der Waals surface area (Å²) in [6.07, 6.45) is 1.48. The molecule has 0 fully saturated rings. The summed E-state index contributed by atoms with van der Waals surface area (Å²) in [5, 5.41) is 3.97. The van der Waals surface area contributed by atoms with Crippen LogP contribution in [0.2, 0.25) is 0 Å². The molecular weight excluding hydrogens is 376 g/mol. The van der Waals surface area contributed by atoms with Gasteiger partial charge in [-0.05, 0) is 36.4 Å². The van der Waals surface area contributed by atoms with E-state index in [1.807, 2.05) is 0 Å². The smallest absolute Gasteiger partial charge is 0.271 e. The third-order valence-electron chi connectivity index (χ3n) is 3.21. The number of nitrogens with one attached hydrogen (secondary N) is 1. The van der Waals surface area contributed by atoms with E-state index in [-0.39, 0.29) is 5.91 Å². The molecule has 0 radical (unpaired) electrons. The highest BCUT2D eigenvalue weighted by Crippen LogP contribution is 2.38. The number of benzene rings is 2. The summed E-state index contributed by atoms with van der Waals surface area (Å²) in [7, 11) is 4.59. The zero-order valence-electron chi connectivity index (χ0n) is 13.5. The lowest BCUT2D eigenvalue weighted by Gasteiger charge is -2.13. The van der Waals surface area contributed by atoms with Gasteiger partial charge in [-0.15, -0.1) is 0 Å². The Morgan fingerprint density at radius 2 is 1.67 bits per heavy atom. The Kier molecular flexibility index (Phi) is 6.20. The van der Waals surface area contributed by atoms with Gasteiger partial charge in [0.25, 0.3) is 5.91 Å². The number of hydrogen-bond acceptors (Lipinski definition) is 5. The van der Waals surface area contributed by atoms with Crippen molar-refractivity contribution in [1.82, 2.24) is 5.43 Å². The average Bonchev–Trinajstić information content (AvgIpc) is 2.61. The van der Waals surface area contributed by atoms with Crippen LogP contribution in [0.15, 0.2) is 46.0 Å². The van der Waals surface area contributed by atoms with Crippen LogP contribution in [0.4, 0.5) is 0 Å². The second kappa shape index (κ2) is 8.35. The summed E-state index contributed by atoms with van der Waals surface area (Å²) >= 11 is 3.32. The van der Waals surface area contributed by atoms with Gasteiger partial charge < -0.3 is 14.2 Å². The Bertz CT molecular complexity index is 745. The van der Waals surface area contributed by atoms with Gasteiger partial charge in [-0.1, -0.05) is 15.9 Å². The monoisotopic (exact) mass is 392 g/mol. The van der Waals surface area contributed by atoms with Gasteiger partial charge in [0.15, 0.2) is 11.5 Å². The molecule has 6 nitrogen and oxygen atoms in total. The molecule has 0 heterocycles. The normalized spacial score (nSPS) is 10.5. The molecule has 0 saturated heterocycles. The summed E-state index contributed by atoms with van der Waals surface area (Å²) in [6, 6.07) is 10.5. The van der Waals surface area contributed by atoms with Crippen LogP contribution < -0.4 is 19.6 Å². The molecule has 0 aromatic heterocycles. The summed E-state index contributed by atoms with van der Waals surface area (Å²) in [6.45, 7) is 0. The molecule has 0 aliphatic rings. The Balaban J connectivity index is 2.17. The minimum atomic E-state index is -0.307. The molecule has 126 valence electrons. The fraction of sp³-hybridized carbons (Fsp3) is 0.176. The largest absolute Gasteiger partial charge is 0.493 e. The van der Waals surface area contributed by atoms with Crippen molar-refractivity contribution in [3.8, 4) is 17.2 Å². The number of hydrogen-bond donors (Lipinski definition) is 1. The molecule has 2 aromatic rings. The highest BCUT2D eigenvalue weighted by molar-refractivity contribution is 9.10. The van der Waals surface area contributed by atoms with Crippen LogP contribution in [0.5, 0.6) is 17.2 Å². The lowest BCUT2D eigenvalue weighted by molar-refractivity contribution is 0.0955. The van der Waals surface area contributed by atoms with Crippen LogP contribution >= 0.6 is 15.9 Å². The second-order valence-corrected chi connectivity index (χ2v) is 5.55. The zero-order chi connectivity index (χ0) is 17.5. The van der Waals surface area contributed by atoms with Crippen molar-refractivity contribution in [2.45, 2.75) is 0 Å². The lowest BCUT2D eigenvalue weighted by Crippen LogP contribution is -2.17. The van der Waals surface area contributed by atoms with Gasteiger partial charge in [0.1, 0.15) is 0 Å². The maximum Gasteiger partial charge on any atom is 0.271 e. The van der Waals surface area contributed by atoms with Gasteiger partial charge in [0.2, 0.25) is 5.75 Å². The van der Waals surface area contributed by atoms with Crippen molar-refractivity contribution in [1.29, 1.82) is 0 Å². The van der Waals surface area contributed by atoms with E-state index in [2.05, 4.69) is 26.5 Å². The fourth-order valence-electron chi connectivity index (χ4n) is 2.05. The third kappa shape index (κ3) is 4.05. The Morgan fingerprint density at radius 3 is 2.25 bits per heavy atom. The lowest BCUT2D eigenvalue weighted by atomic mass is 10.2. The topological polar surface area (TPSA) is 69.2 Å². The van der Waals surface area contributed by atoms with E-state index in [1.54, 1.807) is 43.5 Å². The van der Waals surface area contributed by atoms with Crippen LogP contribution in [0.3, 0.4) is 0 Å². The quantitative estimate of drug-likeness (QED) is 0.605. The second-order valence-electron chi connectivity index (χ2n) is 4.63. The van der Waals surface area contributed by atoms with Crippen LogP contribution in [0.25, 0.3) is 0 Å². The molecule has 1 amide bonds. The summed E-state index contributed by atoms with van der Waals surface area (Å²) in [5.74, 6) is 1.17. The van der Waals surface area contributed by atoms with Crippen molar-refractivity contribution < 1.29 is 19.0 Å². The van der Waals surface area contributed by atoms with Gasteiger partial charge in [0.05, 0.1) is 27.5 Å². The Hall–Kier alpha value is -2.54. The van der Waals surface area contributed by atoms with E-state index in [0.29, 0.717) is 28.4 Å². The zero-order valence-corrected chi connectivity index (χ0v) is 15.1. The van der Waals surface area contributed by atoms with Crippen molar-refractivity contribution in [3.05, 3.63) is 52.0 Å². The summed E-state index contributed by atoms with van der Waals surface area (Å²) in [4.78, 5) is 12.0. The molecule has 2 aromatic carbocycles. The van der Waals surface area contributed by atoms with E-state index in [9.17, 15) is 4.79 Å². The van der Waals surface area contributed by atoms with Crippen LogP contribution in [-0.4, -0.2) is 33.5 Å². The average molecular weight is 393 g/mol. The molecule has 7 heteroatoms. The van der Waals surface area contributed by atoms with Crippen molar-refractivity contribution in [3.63, 3.8) is 0 Å². The first-order valence-electron chi connectivity index (χ1n) is 6.98. The standard InChI is InChI=1S/C17H17BrN2O4/c1-22-14-9-6-12(15(23-2)16(14)24-3)10-19-20-17(21)11-4-7-13(18)8-5-11/h4-10H,1-3H3,(H,20,21). The predicted molar refractivity (Wildman–Crippen MR) is 95.3 cm³/mol. The van der Waals surface area contributed by atoms with E-state index >= 15 is 0 Å². The fourth-order valence-corrected chi connectivity index (χ4v) is 2.32. The number of carbonyl (C=O) groups excluding carboxylic acids is 1. The summed E-state index contributed by atoms with van der Waals surface area (Å²) in [5.41, 5.74) is 3.63. The van der Waals surface area contributed by atoms with Gasteiger partial charge in [0, 0.05) is 15.6 Å². The van der Waals surface area contributed by atoms with Crippen LogP contribution in [-0.2, 0) is 0 Å². The number of ether oxygens (including phenoxy) is 3. The predicted octanol–water partition coefficient (Wildman–Crippen LogP) is 3.24. The molecular formula is C17H17BrN2O4. The first-order chi connectivity index (χ1) is 11.6. The maximum atomic E-state index is 12.0. The van der Waals surface area contributed by atoms with Crippen molar-refractivity contribution in [2.75, 3.05) is 21.3 Å². The molecule has 24 heavy (non-hydrogen) atoms. The van der Waals surface area contributed by atoms with Crippen molar-refractivity contribution in [2.24, 2.45) is 5.10 Å². The van der Waals surface area contributed by atoms with E-state index < -0.39 is 0 Å². The minimum Gasteiger partial charge on any atom is -0.493 e. The molecule has 0 saturated carbocycles. The number of amides is 1. The van der Waals surface area contributed by atoms with E-state index in [4.69, 9.17) is 14.2 Å². The molecule has 0 spiro atoms. The van der Waals surface area contributed by atoms with Gasteiger partial charge in [-0.25, -0.2) is 5.43 Å². The SMILES string of the molecule is COc1ccc(C=NNC(=O)c2ccc(Br)cc2)c(OC)c1OC. The minimum absolute atomic E-state index is 0.307. The number of methoxy groups -OCH3 is 3. The van der Waals surface area contributed by atoms with Gasteiger partial charge >= 0.3 is 0 Å². The number of hydrazone groups is 1. The number of nitrogens with zero attached hydrogens (tertiary/aromatic N) is 1. The number of rotatable bonds is 6. The number of carbonyl (C=O) groups is 1. The van der Waals surface area contributed by atoms with E-state index in [0.717, 1.165) is 4.47 Å². The molecule has 1 N–H and O–H groups in total. The molecule has 0 aliphatic carbocycles. The Morgan fingerprint density at radius 1 is 1.00 bits per heavy atom.